The van der Waals surface area contributed by atoms with Gasteiger partial charge in [-0.2, -0.15) is 9.97 Å². The Balaban J connectivity index is 1.79. The number of hydroxylamine groups is 1. The maximum absolute atomic E-state index is 11.0. The lowest BCUT2D eigenvalue weighted by molar-refractivity contribution is -0.129. The molecule has 0 saturated carbocycles. The van der Waals surface area contributed by atoms with E-state index in [9.17, 15) is 4.79 Å². The van der Waals surface area contributed by atoms with Crippen molar-refractivity contribution in [3.63, 3.8) is 0 Å². The summed E-state index contributed by atoms with van der Waals surface area (Å²) in [7, 11) is 3.57. The van der Waals surface area contributed by atoms with Crippen LogP contribution < -0.4 is 19.9 Å². The predicted molar refractivity (Wildman–Crippen MR) is 110 cm³/mol. The van der Waals surface area contributed by atoms with E-state index >= 15 is 0 Å². The lowest BCUT2D eigenvalue weighted by atomic mass is 10.2. The number of amides is 1. The van der Waals surface area contributed by atoms with Gasteiger partial charge in [0.1, 0.15) is 11.6 Å². The van der Waals surface area contributed by atoms with Gasteiger partial charge in [0.05, 0.1) is 19.2 Å². The van der Waals surface area contributed by atoms with E-state index in [-0.39, 0.29) is 12.4 Å². The zero-order valence-electron chi connectivity index (χ0n) is 16.5. The minimum absolute atomic E-state index is 0.240. The van der Waals surface area contributed by atoms with Crippen LogP contribution in [0.1, 0.15) is 19.3 Å². The molecule has 0 radical (unpaired) electrons. The summed E-state index contributed by atoms with van der Waals surface area (Å²) < 4.78 is 11.0. The van der Waals surface area contributed by atoms with Crippen LogP contribution in [-0.2, 0) is 4.79 Å². The number of nitrogens with zero attached hydrogens (tertiary/aromatic N) is 3. The zero-order chi connectivity index (χ0) is 20.6. The van der Waals surface area contributed by atoms with Gasteiger partial charge in [0.2, 0.25) is 5.91 Å². The van der Waals surface area contributed by atoms with E-state index in [4.69, 9.17) is 14.7 Å². The Hall–Kier alpha value is -3.39. The third-order valence-corrected chi connectivity index (χ3v) is 4.49. The molecule has 1 amide bonds. The number of unbranched alkanes of at least 4 members (excludes halogenated alkanes) is 1. The number of benzene rings is 2. The molecular formula is C21H24N4O4. The van der Waals surface area contributed by atoms with Crippen molar-refractivity contribution in [1.29, 1.82) is 0 Å². The average Bonchev–Trinajstić information content (AvgIpc) is 2.77. The average molecular weight is 396 g/mol. The molecule has 8 nitrogen and oxygen atoms in total. The highest BCUT2D eigenvalue weighted by Crippen LogP contribution is 2.31. The predicted octanol–water partition coefficient (Wildman–Crippen LogP) is 3.46. The molecule has 0 bridgehead atoms. The molecule has 0 atom stereocenters. The van der Waals surface area contributed by atoms with Crippen LogP contribution in [0.25, 0.3) is 10.9 Å². The fourth-order valence-corrected chi connectivity index (χ4v) is 2.89. The third kappa shape index (κ3) is 5.11. The number of methoxy groups -OCH3 is 1. The van der Waals surface area contributed by atoms with Crippen LogP contribution in [0, 0.1) is 0 Å². The summed E-state index contributed by atoms with van der Waals surface area (Å²) in [6, 6.07) is 15.8. The highest BCUT2D eigenvalue weighted by Gasteiger charge is 2.14. The fourth-order valence-electron chi connectivity index (χ4n) is 2.89. The van der Waals surface area contributed by atoms with Crippen molar-refractivity contribution in [1.82, 2.24) is 15.4 Å². The van der Waals surface area contributed by atoms with Gasteiger partial charge in [0.25, 0.3) is 0 Å². The first-order valence-corrected chi connectivity index (χ1v) is 9.32. The molecule has 0 fully saturated rings. The molecule has 8 heteroatoms. The topological polar surface area (TPSA) is 96.8 Å². The normalized spacial score (nSPS) is 10.6. The smallest absolute Gasteiger partial charge is 0.318 e. The lowest BCUT2D eigenvalue weighted by Gasteiger charge is -2.21. The first-order valence-electron chi connectivity index (χ1n) is 9.32. The van der Waals surface area contributed by atoms with Crippen LogP contribution >= 0.6 is 0 Å². The minimum Gasteiger partial charge on any atom is -0.497 e. The van der Waals surface area contributed by atoms with Crippen LogP contribution in [-0.4, -0.2) is 41.8 Å². The number of hydrogen-bond acceptors (Lipinski definition) is 7. The van der Waals surface area contributed by atoms with Crippen LogP contribution in [0.4, 0.5) is 11.5 Å². The van der Waals surface area contributed by atoms with Crippen molar-refractivity contribution >= 4 is 28.3 Å². The highest BCUT2D eigenvalue weighted by molar-refractivity contribution is 5.91. The van der Waals surface area contributed by atoms with Crippen molar-refractivity contribution in [2.24, 2.45) is 0 Å². The Labute approximate surface area is 169 Å². The van der Waals surface area contributed by atoms with Crippen molar-refractivity contribution in [2.75, 3.05) is 25.7 Å². The Morgan fingerprint density at radius 2 is 1.86 bits per heavy atom. The molecule has 3 aromatic rings. The van der Waals surface area contributed by atoms with Gasteiger partial charge in [-0.05, 0) is 49.2 Å². The van der Waals surface area contributed by atoms with Crippen LogP contribution in [0.3, 0.4) is 0 Å². The molecular weight excluding hydrogens is 372 g/mol. The van der Waals surface area contributed by atoms with Crippen LogP contribution in [0.5, 0.6) is 11.8 Å². The molecule has 0 aliphatic heterocycles. The van der Waals surface area contributed by atoms with Crippen molar-refractivity contribution in [3.05, 3.63) is 48.5 Å². The lowest BCUT2D eigenvalue weighted by Crippen LogP contribution is -2.18. The van der Waals surface area contributed by atoms with Crippen LogP contribution in [0.2, 0.25) is 0 Å². The van der Waals surface area contributed by atoms with Gasteiger partial charge >= 0.3 is 6.01 Å². The number of aromatic nitrogens is 2. The molecule has 0 unspecified atom stereocenters. The fraction of sp³-hybridized carbons (Fsp3) is 0.286. The minimum atomic E-state index is -0.407. The van der Waals surface area contributed by atoms with E-state index in [1.807, 2.05) is 60.5 Å². The Morgan fingerprint density at radius 1 is 1.10 bits per heavy atom. The van der Waals surface area contributed by atoms with Crippen molar-refractivity contribution in [2.45, 2.75) is 19.3 Å². The summed E-state index contributed by atoms with van der Waals surface area (Å²) in [5, 5.41) is 9.43. The summed E-state index contributed by atoms with van der Waals surface area (Å²) in [5.41, 5.74) is 3.36. The second-order valence-corrected chi connectivity index (χ2v) is 6.44. The number of fused-ring (bicyclic) bond motifs is 1. The molecule has 0 saturated heterocycles. The second kappa shape index (κ2) is 9.70. The monoisotopic (exact) mass is 396 g/mol. The molecule has 2 N–H and O–H groups in total. The number of carbonyl (C=O) groups excluding carboxylic acids is 1. The largest absolute Gasteiger partial charge is 0.497 e. The molecule has 29 heavy (non-hydrogen) atoms. The molecule has 0 spiro atoms. The Kier molecular flexibility index (Phi) is 6.80. The van der Waals surface area contributed by atoms with Gasteiger partial charge in [0.15, 0.2) is 0 Å². The molecule has 1 aromatic heterocycles. The van der Waals surface area contributed by atoms with E-state index in [1.165, 1.54) is 0 Å². The van der Waals surface area contributed by atoms with Gasteiger partial charge in [-0.1, -0.05) is 12.1 Å². The second-order valence-electron chi connectivity index (χ2n) is 6.44. The highest BCUT2D eigenvalue weighted by atomic mass is 16.5. The summed E-state index contributed by atoms with van der Waals surface area (Å²) in [4.78, 5) is 22.1. The SMILES string of the molecule is COc1ccc(N(C)c2nc(OCCCCC(=O)NO)nc3ccccc23)cc1. The quantitative estimate of drug-likeness (QED) is 0.325. The van der Waals surface area contributed by atoms with E-state index in [0.29, 0.717) is 19.4 Å². The van der Waals surface area contributed by atoms with Gasteiger partial charge < -0.3 is 14.4 Å². The molecule has 0 aliphatic rings. The van der Waals surface area contributed by atoms with E-state index in [2.05, 4.69) is 9.97 Å². The summed E-state index contributed by atoms with van der Waals surface area (Å²) in [5.74, 6) is 1.11. The number of hydrogen-bond donors (Lipinski definition) is 2. The standard InChI is InChI=1S/C21H24N4O4/c1-25(15-10-12-16(28-2)13-11-15)20-17-7-3-4-8-18(17)22-21(23-20)29-14-6-5-9-19(26)24-27/h3-4,7-8,10-13,27H,5-6,9,14H2,1-2H3,(H,24,26). The molecule has 152 valence electrons. The zero-order valence-corrected chi connectivity index (χ0v) is 16.5. The molecule has 0 aliphatic carbocycles. The van der Waals surface area contributed by atoms with E-state index in [1.54, 1.807) is 12.6 Å². The molecule has 3 rings (SSSR count). The molecule has 1 heterocycles. The van der Waals surface area contributed by atoms with Gasteiger partial charge in [-0.3, -0.25) is 10.0 Å². The first-order chi connectivity index (χ1) is 14.1. The van der Waals surface area contributed by atoms with Gasteiger partial charge in [-0.15, -0.1) is 0 Å². The first kappa shape index (κ1) is 20.3. The van der Waals surface area contributed by atoms with Crippen LogP contribution in [0.15, 0.2) is 48.5 Å². The van der Waals surface area contributed by atoms with Crippen molar-refractivity contribution < 1.29 is 19.5 Å². The third-order valence-electron chi connectivity index (χ3n) is 4.49. The van der Waals surface area contributed by atoms with E-state index < -0.39 is 5.91 Å². The summed E-state index contributed by atoms with van der Waals surface area (Å²) in [6.07, 6.45) is 1.48. The Bertz CT molecular complexity index is 963. The summed E-state index contributed by atoms with van der Waals surface area (Å²) >= 11 is 0. The number of rotatable bonds is 9. The molecule has 2 aromatic carbocycles. The number of nitrogens with one attached hydrogen (secondary N) is 1. The number of para-hydroxylation sites is 1. The van der Waals surface area contributed by atoms with E-state index in [0.717, 1.165) is 28.2 Å². The van der Waals surface area contributed by atoms with Gasteiger partial charge in [0, 0.05) is 24.5 Å². The van der Waals surface area contributed by atoms with Gasteiger partial charge in [-0.25, -0.2) is 5.48 Å². The maximum atomic E-state index is 11.0. The summed E-state index contributed by atoms with van der Waals surface area (Å²) in [6.45, 7) is 0.378. The number of ether oxygens (including phenoxy) is 2. The van der Waals surface area contributed by atoms with Crippen molar-refractivity contribution in [3.8, 4) is 11.8 Å². The Morgan fingerprint density at radius 3 is 2.59 bits per heavy atom. The number of anilines is 2. The maximum Gasteiger partial charge on any atom is 0.318 e. The number of carbonyl (C=O) groups is 1.